The fourth-order valence-electron chi connectivity index (χ4n) is 3.23. The second kappa shape index (κ2) is 4.96. The van der Waals surface area contributed by atoms with Crippen LogP contribution in [0.2, 0.25) is 0 Å². The Kier molecular flexibility index (Phi) is 3.27. The molecule has 0 spiro atoms. The monoisotopic (exact) mass is 281 g/mol. The molecule has 0 unspecified atom stereocenters. The highest BCUT2D eigenvalue weighted by molar-refractivity contribution is 5.85. The normalized spacial score (nSPS) is 29.8. The Morgan fingerprint density at radius 1 is 1.30 bits per heavy atom. The molecule has 3 aliphatic heterocycles. The van der Waals surface area contributed by atoms with Gasteiger partial charge >= 0.3 is 6.09 Å². The minimum absolute atomic E-state index is 0.0578. The summed E-state index contributed by atoms with van der Waals surface area (Å²) < 4.78 is 4.81. The molecule has 7 nitrogen and oxygen atoms in total. The molecule has 20 heavy (non-hydrogen) atoms. The minimum atomic E-state index is -0.425. The van der Waals surface area contributed by atoms with Gasteiger partial charge in [-0.1, -0.05) is 0 Å². The van der Waals surface area contributed by atoms with Gasteiger partial charge in [0.1, 0.15) is 13.2 Å². The van der Waals surface area contributed by atoms with Crippen LogP contribution in [0.4, 0.5) is 4.79 Å². The fourth-order valence-corrected chi connectivity index (χ4v) is 3.23. The second-order valence-corrected chi connectivity index (χ2v) is 5.75. The van der Waals surface area contributed by atoms with E-state index in [2.05, 4.69) is 0 Å². The minimum Gasteiger partial charge on any atom is -0.448 e. The zero-order valence-corrected chi connectivity index (χ0v) is 11.6. The predicted molar refractivity (Wildman–Crippen MR) is 68.7 cm³/mol. The molecule has 0 saturated carbocycles. The smallest absolute Gasteiger partial charge is 0.410 e. The van der Waals surface area contributed by atoms with Crippen molar-refractivity contribution < 1.29 is 19.1 Å². The highest BCUT2D eigenvalue weighted by Gasteiger charge is 2.43. The van der Waals surface area contributed by atoms with Gasteiger partial charge in [-0.15, -0.1) is 0 Å². The van der Waals surface area contributed by atoms with Crippen LogP contribution < -0.4 is 0 Å². The highest BCUT2D eigenvalue weighted by Crippen LogP contribution is 2.31. The predicted octanol–water partition coefficient (Wildman–Crippen LogP) is -0.625. The molecule has 0 bridgehead atoms. The van der Waals surface area contributed by atoms with E-state index in [0.717, 1.165) is 13.0 Å². The zero-order chi connectivity index (χ0) is 14.3. The van der Waals surface area contributed by atoms with Crippen molar-refractivity contribution >= 4 is 17.9 Å². The van der Waals surface area contributed by atoms with Gasteiger partial charge in [-0.2, -0.15) is 0 Å². The zero-order valence-electron chi connectivity index (χ0n) is 11.6. The van der Waals surface area contributed by atoms with E-state index in [1.165, 1.54) is 4.90 Å². The number of carbonyl (C=O) groups is 3. The summed E-state index contributed by atoms with van der Waals surface area (Å²) in [6, 6.07) is 0. The van der Waals surface area contributed by atoms with Crippen molar-refractivity contribution in [2.24, 2.45) is 11.8 Å². The number of nitrogens with zero attached hydrogens (tertiary/aromatic N) is 3. The average molecular weight is 281 g/mol. The van der Waals surface area contributed by atoms with Gasteiger partial charge in [0, 0.05) is 26.7 Å². The van der Waals surface area contributed by atoms with Crippen LogP contribution in [0.5, 0.6) is 0 Å². The SMILES string of the molecule is CN1CC[C@@H]2CN(C(=O)CN3CCOC3=O)C[C@@H]2C1=O. The summed E-state index contributed by atoms with van der Waals surface area (Å²) in [6.45, 7) is 2.75. The first-order valence-corrected chi connectivity index (χ1v) is 7.00. The van der Waals surface area contributed by atoms with Crippen LogP contribution in [-0.4, -0.2) is 79.0 Å². The van der Waals surface area contributed by atoms with Crippen molar-refractivity contribution in [3.8, 4) is 0 Å². The first kappa shape index (κ1) is 13.2. The number of fused-ring (bicyclic) bond motifs is 1. The lowest BCUT2D eigenvalue weighted by atomic mass is 9.88. The summed E-state index contributed by atoms with van der Waals surface area (Å²) in [4.78, 5) is 40.5. The van der Waals surface area contributed by atoms with Gasteiger partial charge in [0.05, 0.1) is 12.5 Å². The Balaban J connectivity index is 1.60. The van der Waals surface area contributed by atoms with Crippen LogP contribution in [0.25, 0.3) is 0 Å². The molecule has 3 rings (SSSR count). The van der Waals surface area contributed by atoms with Crippen LogP contribution in [0.3, 0.4) is 0 Å². The van der Waals surface area contributed by atoms with Crippen molar-refractivity contribution in [1.82, 2.24) is 14.7 Å². The van der Waals surface area contributed by atoms with Crippen molar-refractivity contribution in [1.29, 1.82) is 0 Å². The van der Waals surface area contributed by atoms with E-state index in [0.29, 0.717) is 26.2 Å². The molecule has 3 heterocycles. The van der Waals surface area contributed by atoms with Gasteiger partial charge in [-0.25, -0.2) is 4.79 Å². The Hall–Kier alpha value is -1.79. The topological polar surface area (TPSA) is 70.2 Å². The Labute approximate surface area is 117 Å². The fraction of sp³-hybridized carbons (Fsp3) is 0.769. The van der Waals surface area contributed by atoms with Gasteiger partial charge in [-0.05, 0) is 12.3 Å². The van der Waals surface area contributed by atoms with Gasteiger partial charge in [0.25, 0.3) is 0 Å². The first-order chi connectivity index (χ1) is 9.56. The van der Waals surface area contributed by atoms with Crippen molar-refractivity contribution in [3.63, 3.8) is 0 Å². The third kappa shape index (κ3) is 2.21. The molecule has 0 aromatic carbocycles. The largest absolute Gasteiger partial charge is 0.448 e. The van der Waals surface area contributed by atoms with Crippen LogP contribution in [0.1, 0.15) is 6.42 Å². The maximum absolute atomic E-state index is 12.2. The molecule has 0 aromatic heterocycles. The van der Waals surface area contributed by atoms with Crippen LogP contribution in [-0.2, 0) is 14.3 Å². The van der Waals surface area contributed by atoms with Gasteiger partial charge < -0.3 is 14.5 Å². The van der Waals surface area contributed by atoms with Gasteiger partial charge in [-0.3, -0.25) is 14.5 Å². The standard InChI is InChI=1S/C13H19N3O4/c1-14-3-2-9-6-16(7-10(9)12(14)18)11(17)8-15-4-5-20-13(15)19/h9-10H,2-8H2,1H3/t9-,10+/m1/s1. The van der Waals surface area contributed by atoms with E-state index in [-0.39, 0.29) is 30.2 Å². The van der Waals surface area contributed by atoms with Crippen LogP contribution >= 0.6 is 0 Å². The average Bonchev–Trinajstić information content (AvgIpc) is 3.02. The molecule has 0 N–H and O–H groups in total. The maximum Gasteiger partial charge on any atom is 0.410 e. The lowest BCUT2D eigenvalue weighted by Gasteiger charge is -2.30. The quantitative estimate of drug-likeness (QED) is 0.676. The highest BCUT2D eigenvalue weighted by atomic mass is 16.6. The molecule has 3 amide bonds. The van der Waals surface area contributed by atoms with E-state index in [1.54, 1.807) is 9.80 Å². The van der Waals surface area contributed by atoms with E-state index >= 15 is 0 Å². The number of amides is 3. The number of piperidine rings is 1. The summed E-state index contributed by atoms with van der Waals surface area (Å²) in [7, 11) is 1.81. The first-order valence-electron chi connectivity index (χ1n) is 7.00. The Morgan fingerprint density at radius 2 is 2.10 bits per heavy atom. The number of cyclic esters (lactones) is 1. The van der Waals surface area contributed by atoms with Gasteiger partial charge in [0.2, 0.25) is 11.8 Å². The number of hydrogen-bond acceptors (Lipinski definition) is 4. The van der Waals surface area contributed by atoms with Crippen LogP contribution in [0.15, 0.2) is 0 Å². The van der Waals surface area contributed by atoms with E-state index < -0.39 is 6.09 Å². The summed E-state index contributed by atoms with van der Waals surface area (Å²) in [5.41, 5.74) is 0. The molecular weight excluding hydrogens is 262 g/mol. The number of ether oxygens (including phenoxy) is 1. The lowest BCUT2D eigenvalue weighted by molar-refractivity contribution is -0.138. The number of carbonyl (C=O) groups excluding carboxylic acids is 3. The summed E-state index contributed by atoms with van der Waals surface area (Å²) >= 11 is 0. The Morgan fingerprint density at radius 3 is 2.80 bits per heavy atom. The molecule has 7 heteroatoms. The third-order valence-electron chi connectivity index (χ3n) is 4.49. The molecular formula is C13H19N3O4. The second-order valence-electron chi connectivity index (χ2n) is 5.75. The number of rotatable bonds is 2. The summed E-state index contributed by atoms with van der Waals surface area (Å²) in [6.07, 6.45) is 0.522. The molecule has 110 valence electrons. The summed E-state index contributed by atoms with van der Waals surface area (Å²) in [5.74, 6) is 0.252. The Bertz CT molecular complexity index is 453. The number of likely N-dealkylation sites (tertiary alicyclic amines) is 2. The van der Waals surface area contributed by atoms with Gasteiger partial charge in [0.15, 0.2) is 0 Å². The van der Waals surface area contributed by atoms with E-state index in [9.17, 15) is 14.4 Å². The summed E-state index contributed by atoms with van der Waals surface area (Å²) in [5, 5.41) is 0. The third-order valence-corrected chi connectivity index (χ3v) is 4.49. The molecule has 3 aliphatic rings. The molecule has 0 aliphatic carbocycles. The van der Waals surface area contributed by atoms with E-state index in [4.69, 9.17) is 4.74 Å². The number of hydrogen-bond donors (Lipinski definition) is 0. The molecule has 0 radical (unpaired) electrons. The molecule has 3 fully saturated rings. The molecule has 2 atom stereocenters. The maximum atomic E-state index is 12.2. The molecule has 3 saturated heterocycles. The van der Waals surface area contributed by atoms with Crippen LogP contribution in [0, 0.1) is 11.8 Å². The van der Waals surface area contributed by atoms with Crippen molar-refractivity contribution in [2.45, 2.75) is 6.42 Å². The van der Waals surface area contributed by atoms with Crippen molar-refractivity contribution in [2.75, 3.05) is 46.4 Å². The lowest BCUT2D eigenvalue weighted by Crippen LogP contribution is -2.43. The molecule has 0 aromatic rings. The van der Waals surface area contributed by atoms with E-state index in [1.807, 2.05) is 7.05 Å². The van der Waals surface area contributed by atoms with Crippen molar-refractivity contribution in [3.05, 3.63) is 0 Å².